The Kier molecular flexibility index (Phi) is 4.48. The lowest BCUT2D eigenvalue weighted by Gasteiger charge is -2.07. The third kappa shape index (κ3) is 2.95. The Morgan fingerprint density at radius 1 is 1.21 bits per heavy atom. The molecule has 0 radical (unpaired) electrons. The molecular formula is C19H15N3O2. The van der Waals surface area contributed by atoms with Crippen molar-refractivity contribution in [3.05, 3.63) is 48.5 Å². The summed E-state index contributed by atoms with van der Waals surface area (Å²) in [5, 5.41) is 10.9. The second-order valence-corrected chi connectivity index (χ2v) is 5.13. The lowest BCUT2D eigenvalue weighted by atomic mass is 10.1. The minimum Gasteiger partial charge on any atom is -0.465 e. The van der Waals surface area contributed by atoms with Crippen LogP contribution in [0.15, 0.2) is 53.5 Å². The van der Waals surface area contributed by atoms with E-state index in [1.807, 2.05) is 54.6 Å². The fraction of sp³-hybridized carbons (Fsp3) is 0.158. The average molecular weight is 317 g/mol. The molecular weight excluding hydrogens is 302 g/mol. The maximum Gasteiger partial charge on any atom is 0.328 e. The van der Waals surface area contributed by atoms with E-state index in [0.29, 0.717) is 5.69 Å². The monoisotopic (exact) mass is 317 g/mol. The summed E-state index contributed by atoms with van der Waals surface area (Å²) in [7, 11) is 0. The number of carbonyl (C=O) groups excluding carboxylic acids is 1. The number of ether oxygens (including phenoxy) is 1. The highest BCUT2D eigenvalue weighted by Crippen LogP contribution is 2.32. The number of pyridine rings is 1. The van der Waals surface area contributed by atoms with Crippen molar-refractivity contribution in [2.24, 2.45) is 10.9 Å². The van der Waals surface area contributed by atoms with E-state index in [2.05, 4.69) is 9.98 Å². The second kappa shape index (κ2) is 6.88. The average Bonchev–Trinajstić information content (AvgIpc) is 2.61. The number of para-hydroxylation sites is 2. The van der Waals surface area contributed by atoms with Crippen LogP contribution in [0.4, 0.5) is 5.69 Å². The van der Waals surface area contributed by atoms with Crippen molar-refractivity contribution in [1.29, 1.82) is 5.26 Å². The fourth-order valence-corrected chi connectivity index (χ4v) is 2.48. The Morgan fingerprint density at radius 2 is 1.79 bits per heavy atom. The smallest absolute Gasteiger partial charge is 0.328 e. The van der Waals surface area contributed by atoms with Gasteiger partial charge in [0.1, 0.15) is 0 Å². The highest BCUT2D eigenvalue weighted by molar-refractivity contribution is 6.07. The summed E-state index contributed by atoms with van der Waals surface area (Å²) < 4.78 is 4.89. The van der Waals surface area contributed by atoms with E-state index in [1.165, 1.54) is 6.21 Å². The zero-order chi connectivity index (χ0) is 16.9. The van der Waals surface area contributed by atoms with E-state index in [9.17, 15) is 10.1 Å². The van der Waals surface area contributed by atoms with E-state index in [1.54, 1.807) is 6.92 Å². The summed E-state index contributed by atoms with van der Waals surface area (Å²) in [5.74, 6) is -1.62. The maximum absolute atomic E-state index is 11.8. The summed E-state index contributed by atoms with van der Waals surface area (Å²) in [6.07, 6.45) is 1.34. The molecule has 0 aliphatic rings. The van der Waals surface area contributed by atoms with Crippen LogP contribution in [-0.2, 0) is 9.53 Å². The third-order valence-electron chi connectivity index (χ3n) is 3.59. The van der Waals surface area contributed by atoms with Gasteiger partial charge in [-0.05, 0) is 19.1 Å². The van der Waals surface area contributed by atoms with Gasteiger partial charge in [-0.2, -0.15) is 5.26 Å². The number of benzene rings is 2. The van der Waals surface area contributed by atoms with Crippen LogP contribution in [0.2, 0.25) is 0 Å². The Labute approximate surface area is 139 Å². The number of hydrogen-bond acceptors (Lipinski definition) is 5. The molecule has 0 fully saturated rings. The molecule has 118 valence electrons. The van der Waals surface area contributed by atoms with Crippen molar-refractivity contribution >= 4 is 39.7 Å². The molecule has 0 aliphatic heterocycles. The number of esters is 1. The number of aliphatic imine (C=N–C) groups is 1. The van der Waals surface area contributed by atoms with E-state index in [0.717, 1.165) is 21.8 Å². The molecule has 0 N–H and O–H groups in total. The summed E-state index contributed by atoms with van der Waals surface area (Å²) in [6, 6.07) is 17.2. The molecule has 2 aromatic carbocycles. The zero-order valence-electron chi connectivity index (χ0n) is 13.1. The summed E-state index contributed by atoms with van der Waals surface area (Å²) >= 11 is 0. The van der Waals surface area contributed by atoms with Gasteiger partial charge in [0.25, 0.3) is 0 Å². The second-order valence-electron chi connectivity index (χ2n) is 5.13. The first-order chi connectivity index (χ1) is 11.7. The van der Waals surface area contributed by atoms with Crippen molar-refractivity contribution in [3.8, 4) is 6.07 Å². The van der Waals surface area contributed by atoms with Crippen LogP contribution in [-0.4, -0.2) is 23.8 Å². The van der Waals surface area contributed by atoms with Gasteiger partial charge >= 0.3 is 5.97 Å². The lowest BCUT2D eigenvalue weighted by molar-refractivity contribution is -0.143. The van der Waals surface area contributed by atoms with Crippen LogP contribution in [0.25, 0.3) is 21.8 Å². The predicted octanol–water partition coefficient (Wildman–Crippen LogP) is 3.79. The quantitative estimate of drug-likeness (QED) is 0.417. The molecule has 1 unspecified atom stereocenters. The van der Waals surface area contributed by atoms with Gasteiger partial charge in [-0.1, -0.05) is 36.4 Å². The van der Waals surface area contributed by atoms with Crippen LogP contribution in [0.5, 0.6) is 0 Å². The first-order valence-corrected chi connectivity index (χ1v) is 7.62. The Morgan fingerprint density at radius 3 is 2.33 bits per heavy atom. The van der Waals surface area contributed by atoms with Gasteiger partial charge in [0.2, 0.25) is 0 Å². The fourth-order valence-electron chi connectivity index (χ4n) is 2.48. The molecule has 24 heavy (non-hydrogen) atoms. The van der Waals surface area contributed by atoms with Crippen molar-refractivity contribution in [3.63, 3.8) is 0 Å². The SMILES string of the molecule is CCOC(=O)C(C#N)C=Nc1c2ccccc2nc2ccccc12. The first-order valence-electron chi connectivity index (χ1n) is 7.62. The molecule has 0 spiro atoms. The molecule has 0 bridgehead atoms. The van der Waals surface area contributed by atoms with Gasteiger partial charge in [0.05, 0.1) is 29.4 Å². The van der Waals surface area contributed by atoms with Gasteiger partial charge in [0.15, 0.2) is 5.92 Å². The maximum atomic E-state index is 11.8. The lowest BCUT2D eigenvalue weighted by Crippen LogP contribution is -2.17. The van der Waals surface area contributed by atoms with Gasteiger partial charge in [-0.15, -0.1) is 0 Å². The van der Waals surface area contributed by atoms with Gasteiger partial charge in [0, 0.05) is 17.0 Å². The number of nitrogens with zero attached hydrogens (tertiary/aromatic N) is 3. The molecule has 1 heterocycles. The minimum atomic E-state index is -1.03. The van der Waals surface area contributed by atoms with E-state index >= 15 is 0 Å². The highest BCUT2D eigenvalue weighted by atomic mass is 16.5. The van der Waals surface area contributed by atoms with E-state index in [4.69, 9.17) is 4.74 Å². The van der Waals surface area contributed by atoms with Crippen LogP contribution >= 0.6 is 0 Å². The van der Waals surface area contributed by atoms with Crippen molar-refractivity contribution in [1.82, 2.24) is 4.98 Å². The molecule has 0 saturated carbocycles. The molecule has 3 rings (SSSR count). The standard InChI is InChI=1S/C19H15N3O2/c1-2-24-19(23)13(11-20)12-21-18-14-7-3-5-9-16(14)22-17-10-6-4-8-15(17)18/h3-10,12-13H,2H2,1H3. The topological polar surface area (TPSA) is 75.3 Å². The van der Waals surface area contributed by atoms with Crippen molar-refractivity contribution < 1.29 is 9.53 Å². The molecule has 0 amide bonds. The Hall–Kier alpha value is -3.26. The van der Waals surface area contributed by atoms with Crippen molar-refractivity contribution in [2.45, 2.75) is 6.92 Å². The minimum absolute atomic E-state index is 0.228. The van der Waals surface area contributed by atoms with E-state index in [-0.39, 0.29) is 6.61 Å². The molecule has 5 heteroatoms. The van der Waals surface area contributed by atoms with Gasteiger partial charge in [-0.25, -0.2) is 4.98 Å². The number of nitriles is 1. The van der Waals surface area contributed by atoms with Gasteiger partial charge in [-0.3, -0.25) is 9.79 Å². The zero-order valence-corrected chi connectivity index (χ0v) is 13.1. The van der Waals surface area contributed by atoms with Crippen molar-refractivity contribution in [2.75, 3.05) is 6.61 Å². The summed E-state index contributed by atoms with van der Waals surface area (Å²) in [6.45, 7) is 1.93. The normalized spacial score (nSPS) is 12.3. The third-order valence-corrected chi connectivity index (χ3v) is 3.59. The number of fused-ring (bicyclic) bond motifs is 2. The molecule has 1 aromatic heterocycles. The largest absolute Gasteiger partial charge is 0.465 e. The molecule has 0 saturated heterocycles. The summed E-state index contributed by atoms with van der Waals surface area (Å²) in [5.41, 5.74) is 2.32. The van der Waals surface area contributed by atoms with E-state index < -0.39 is 11.9 Å². The first kappa shape index (κ1) is 15.6. The van der Waals surface area contributed by atoms with Crippen LogP contribution in [0.1, 0.15) is 6.92 Å². The predicted molar refractivity (Wildman–Crippen MR) is 93.1 cm³/mol. The van der Waals surface area contributed by atoms with Crippen LogP contribution < -0.4 is 0 Å². The molecule has 0 aliphatic carbocycles. The molecule has 3 aromatic rings. The van der Waals surface area contributed by atoms with Crippen LogP contribution in [0, 0.1) is 17.2 Å². The molecule has 1 atom stereocenters. The van der Waals surface area contributed by atoms with Crippen LogP contribution in [0.3, 0.4) is 0 Å². The number of aromatic nitrogens is 1. The van der Waals surface area contributed by atoms with Gasteiger partial charge < -0.3 is 4.74 Å². The Balaban J connectivity index is 2.14. The summed E-state index contributed by atoms with van der Waals surface area (Å²) in [4.78, 5) is 20.8. The Bertz CT molecular complexity index is 919. The number of hydrogen-bond donors (Lipinski definition) is 0. The molecule has 5 nitrogen and oxygen atoms in total. The number of carbonyl (C=O) groups is 1. The highest BCUT2D eigenvalue weighted by Gasteiger charge is 2.17. The number of rotatable bonds is 4.